The molecule has 0 unspecified atom stereocenters. The van der Waals surface area contributed by atoms with Crippen LogP contribution in [0.2, 0.25) is 0 Å². The standard InChI is InChI=1S/C11H20N6O2/c1-5-13-9-14-10(16-11(15-9)19-4)17(3)7-6-8(18)12-2/h5-7H2,1-4H3,(H,12,18)(H,13,14,15,16). The van der Waals surface area contributed by atoms with Crippen LogP contribution in [0.4, 0.5) is 11.9 Å². The van der Waals surface area contributed by atoms with Crippen LogP contribution in [-0.4, -0.2) is 55.2 Å². The fraction of sp³-hybridized carbons (Fsp3) is 0.636. The molecule has 1 amide bonds. The number of nitrogens with zero attached hydrogens (tertiary/aromatic N) is 4. The summed E-state index contributed by atoms with van der Waals surface area (Å²) >= 11 is 0. The molecule has 1 aromatic rings. The third-order valence-corrected chi connectivity index (χ3v) is 2.42. The zero-order chi connectivity index (χ0) is 14.3. The van der Waals surface area contributed by atoms with E-state index in [-0.39, 0.29) is 11.9 Å². The van der Waals surface area contributed by atoms with Crippen molar-refractivity contribution in [3.8, 4) is 6.01 Å². The average Bonchev–Trinajstić information content (AvgIpc) is 2.44. The maximum absolute atomic E-state index is 11.2. The Morgan fingerprint density at radius 3 is 2.68 bits per heavy atom. The molecule has 1 aromatic heterocycles. The van der Waals surface area contributed by atoms with Crippen molar-refractivity contribution in [2.45, 2.75) is 13.3 Å². The van der Waals surface area contributed by atoms with Gasteiger partial charge in [0.1, 0.15) is 0 Å². The zero-order valence-corrected chi connectivity index (χ0v) is 11.7. The van der Waals surface area contributed by atoms with E-state index in [0.717, 1.165) is 0 Å². The molecule has 0 saturated carbocycles. The molecule has 0 aromatic carbocycles. The lowest BCUT2D eigenvalue weighted by Crippen LogP contribution is -2.27. The number of carbonyl (C=O) groups excluding carboxylic acids is 1. The van der Waals surface area contributed by atoms with Gasteiger partial charge in [-0.15, -0.1) is 0 Å². The van der Waals surface area contributed by atoms with Crippen molar-refractivity contribution in [3.63, 3.8) is 0 Å². The first-order valence-corrected chi connectivity index (χ1v) is 6.06. The lowest BCUT2D eigenvalue weighted by molar-refractivity contribution is -0.120. The van der Waals surface area contributed by atoms with Crippen LogP contribution < -0.4 is 20.3 Å². The van der Waals surface area contributed by atoms with Crippen LogP contribution in [-0.2, 0) is 4.79 Å². The molecule has 0 aliphatic heterocycles. The van der Waals surface area contributed by atoms with E-state index in [1.54, 1.807) is 11.9 Å². The average molecular weight is 268 g/mol. The molecule has 106 valence electrons. The first-order chi connectivity index (χ1) is 9.10. The summed E-state index contributed by atoms with van der Waals surface area (Å²) < 4.78 is 5.03. The van der Waals surface area contributed by atoms with Crippen LogP contribution >= 0.6 is 0 Å². The van der Waals surface area contributed by atoms with Crippen molar-refractivity contribution in [1.82, 2.24) is 20.3 Å². The Labute approximate surface area is 112 Å². The molecule has 0 saturated heterocycles. The van der Waals surface area contributed by atoms with Gasteiger partial charge in [-0.25, -0.2) is 0 Å². The van der Waals surface area contributed by atoms with E-state index in [0.29, 0.717) is 31.4 Å². The van der Waals surface area contributed by atoms with Crippen LogP contribution in [0.3, 0.4) is 0 Å². The van der Waals surface area contributed by atoms with Gasteiger partial charge in [-0.1, -0.05) is 0 Å². The molecule has 0 atom stereocenters. The van der Waals surface area contributed by atoms with Crippen molar-refractivity contribution in [3.05, 3.63) is 0 Å². The Morgan fingerprint density at radius 1 is 1.37 bits per heavy atom. The van der Waals surface area contributed by atoms with Gasteiger partial charge in [-0.3, -0.25) is 4.79 Å². The van der Waals surface area contributed by atoms with Crippen LogP contribution in [0.1, 0.15) is 13.3 Å². The molecule has 8 nitrogen and oxygen atoms in total. The van der Waals surface area contributed by atoms with Crippen LogP contribution in [0.25, 0.3) is 0 Å². The highest BCUT2D eigenvalue weighted by Gasteiger charge is 2.11. The van der Waals surface area contributed by atoms with Gasteiger partial charge < -0.3 is 20.3 Å². The van der Waals surface area contributed by atoms with Gasteiger partial charge in [0, 0.05) is 33.6 Å². The molecule has 1 rings (SSSR count). The molecule has 0 aliphatic carbocycles. The number of nitrogens with one attached hydrogen (secondary N) is 2. The highest BCUT2D eigenvalue weighted by atomic mass is 16.5. The smallest absolute Gasteiger partial charge is 0.322 e. The second-order valence-corrected chi connectivity index (χ2v) is 3.82. The Bertz CT molecular complexity index is 426. The van der Waals surface area contributed by atoms with Crippen molar-refractivity contribution < 1.29 is 9.53 Å². The number of hydrogen-bond donors (Lipinski definition) is 2. The Hall–Kier alpha value is -2.12. The maximum atomic E-state index is 11.2. The fourth-order valence-corrected chi connectivity index (χ4v) is 1.34. The van der Waals surface area contributed by atoms with E-state index in [9.17, 15) is 4.79 Å². The van der Waals surface area contributed by atoms with E-state index in [2.05, 4.69) is 25.6 Å². The Morgan fingerprint density at radius 2 is 2.11 bits per heavy atom. The van der Waals surface area contributed by atoms with Gasteiger partial charge in [-0.05, 0) is 6.92 Å². The minimum Gasteiger partial charge on any atom is -0.467 e. The molecule has 0 spiro atoms. The van der Waals surface area contributed by atoms with Gasteiger partial charge in [0.15, 0.2) is 0 Å². The fourth-order valence-electron chi connectivity index (χ4n) is 1.34. The number of ether oxygens (including phenoxy) is 1. The predicted octanol–water partition coefficient (Wildman–Crippen LogP) is -0.116. The quantitative estimate of drug-likeness (QED) is 0.712. The van der Waals surface area contributed by atoms with E-state index in [1.807, 2.05) is 14.0 Å². The van der Waals surface area contributed by atoms with Gasteiger partial charge in [0.05, 0.1) is 7.11 Å². The summed E-state index contributed by atoms with van der Waals surface area (Å²) in [7, 11) is 4.92. The number of amides is 1. The lowest BCUT2D eigenvalue weighted by atomic mass is 10.4. The monoisotopic (exact) mass is 268 g/mol. The number of hydrogen-bond acceptors (Lipinski definition) is 7. The minimum atomic E-state index is -0.0280. The topological polar surface area (TPSA) is 92.3 Å². The van der Waals surface area contributed by atoms with E-state index >= 15 is 0 Å². The molecule has 0 fully saturated rings. The summed E-state index contributed by atoms with van der Waals surface area (Å²) in [4.78, 5) is 25.5. The van der Waals surface area contributed by atoms with Gasteiger partial charge in [0.25, 0.3) is 0 Å². The molecule has 1 heterocycles. The maximum Gasteiger partial charge on any atom is 0.322 e. The zero-order valence-electron chi connectivity index (χ0n) is 11.7. The number of rotatable bonds is 7. The highest BCUT2D eigenvalue weighted by molar-refractivity contribution is 5.76. The summed E-state index contributed by atoms with van der Waals surface area (Å²) in [6.45, 7) is 3.16. The van der Waals surface area contributed by atoms with Crippen molar-refractivity contribution in [2.24, 2.45) is 0 Å². The van der Waals surface area contributed by atoms with E-state index in [1.165, 1.54) is 7.11 Å². The molecular weight excluding hydrogens is 248 g/mol. The third-order valence-electron chi connectivity index (χ3n) is 2.42. The summed E-state index contributed by atoms with van der Waals surface area (Å²) in [5.41, 5.74) is 0. The minimum absolute atomic E-state index is 0.0280. The first kappa shape index (κ1) is 14.9. The van der Waals surface area contributed by atoms with Crippen molar-refractivity contribution >= 4 is 17.8 Å². The molecule has 8 heteroatoms. The number of anilines is 2. The van der Waals surface area contributed by atoms with Gasteiger partial charge >= 0.3 is 6.01 Å². The van der Waals surface area contributed by atoms with E-state index in [4.69, 9.17) is 4.74 Å². The number of carbonyl (C=O) groups is 1. The van der Waals surface area contributed by atoms with Crippen molar-refractivity contribution in [1.29, 1.82) is 0 Å². The van der Waals surface area contributed by atoms with Crippen LogP contribution in [0, 0.1) is 0 Å². The number of aromatic nitrogens is 3. The summed E-state index contributed by atoms with van der Waals surface area (Å²) in [5, 5.41) is 5.58. The molecule has 0 bridgehead atoms. The van der Waals surface area contributed by atoms with Gasteiger partial charge in [0.2, 0.25) is 17.8 Å². The molecular formula is C11H20N6O2. The molecule has 19 heavy (non-hydrogen) atoms. The SMILES string of the molecule is CCNc1nc(OC)nc(N(C)CCC(=O)NC)n1. The second-order valence-electron chi connectivity index (χ2n) is 3.82. The first-order valence-electron chi connectivity index (χ1n) is 6.06. The normalized spacial score (nSPS) is 9.89. The number of methoxy groups -OCH3 is 1. The molecule has 0 radical (unpaired) electrons. The van der Waals surface area contributed by atoms with E-state index < -0.39 is 0 Å². The van der Waals surface area contributed by atoms with Gasteiger partial charge in [-0.2, -0.15) is 15.0 Å². The largest absolute Gasteiger partial charge is 0.467 e. The highest BCUT2D eigenvalue weighted by Crippen LogP contribution is 2.13. The third kappa shape index (κ3) is 4.57. The summed E-state index contributed by atoms with van der Waals surface area (Å²) in [6, 6.07) is 0.243. The van der Waals surface area contributed by atoms with Crippen LogP contribution in [0.5, 0.6) is 6.01 Å². The Kier molecular flexibility index (Phi) is 5.77. The summed E-state index contributed by atoms with van der Waals surface area (Å²) in [5.74, 6) is 0.891. The lowest BCUT2D eigenvalue weighted by Gasteiger charge is -2.17. The summed E-state index contributed by atoms with van der Waals surface area (Å²) in [6.07, 6.45) is 0.373. The Balaban J connectivity index is 2.79. The van der Waals surface area contributed by atoms with Crippen LogP contribution in [0.15, 0.2) is 0 Å². The molecule has 0 aliphatic rings. The predicted molar refractivity (Wildman–Crippen MR) is 72.5 cm³/mol. The second kappa shape index (κ2) is 7.34. The molecule has 2 N–H and O–H groups in total. The van der Waals surface area contributed by atoms with Crippen molar-refractivity contribution in [2.75, 3.05) is 44.5 Å².